The summed E-state index contributed by atoms with van der Waals surface area (Å²) in [5.41, 5.74) is -0.136. The van der Waals surface area contributed by atoms with Crippen LogP contribution in [0.15, 0.2) is 12.4 Å². The molecule has 0 aromatic carbocycles. The highest BCUT2D eigenvalue weighted by molar-refractivity contribution is 4.91. The van der Waals surface area contributed by atoms with Crippen LogP contribution < -0.4 is 5.32 Å². The molecule has 0 bridgehead atoms. The molecule has 1 rings (SSSR count). The second kappa shape index (κ2) is 6.77. The Hall–Kier alpha value is -0.870. The summed E-state index contributed by atoms with van der Waals surface area (Å²) in [4.78, 5) is 4.31. The lowest BCUT2D eigenvalue weighted by Crippen LogP contribution is -2.43. The lowest BCUT2D eigenvalue weighted by Gasteiger charge is -2.26. The molecular formula is C13H25N3O. The number of hydrogen-bond acceptors (Lipinski definition) is 3. The molecule has 0 spiro atoms. The van der Waals surface area contributed by atoms with Gasteiger partial charge < -0.3 is 15.0 Å². The van der Waals surface area contributed by atoms with Crippen molar-refractivity contribution in [3.8, 4) is 0 Å². The first kappa shape index (κ1) is 14.2. The van der Waals surface area contributed by atoms with E-state index >= 15 is 0 Å². The average Bonchev–Trinajstić information content (AvgIpc) is 2.81. The lowest BCUT2D eigenvalue weighted by molar-refractivity contribution is 0.170. The number of nitrogens with one attached hydrogen (secondary N) is 1. The molecule has 0 aliphatic heterocycles. The molecule has 0 saturated carbocycles. The van der Waals surface area contributed by atoms with Crippen LogP contribution in [-0.2, 0) is 13.0 Å². The zero-order chi connectivity index (χ0) is 12.7. The smallest absolute Gasteiger partial charge is 0.108 e. The number of aromatic nitrogens is 2. The predicted octanol–water partition coefficient (Wildman–Crippen LogP) is 1.59. The minimum atomic E-state index is -0.136. The molecule has 0 radical (unpaired) electrons. The first-order chi connectivity index (χ1) is 8.15. The highest BCUT2D eigenvalue weighted by Crippen LogP contribution is 2.13. The quantitative estimate of drug-likeness (QED) is 0.677. The van der Waals surface area contributed by atoms with Gasteiger partial charge in [0, 0.05) is 30.9 Å². The van der Waals surface area contributed by atoms with E-state index in [4.69, 9.17) is 0 Å². The summed E-state index contributed by atoms with van der Waals surface area (Å²) in [6.45, 7) is 5.40. The topological polar surface area (TPSA) is 50.1 Å². The van der Waals surface area contributed by atoms with Gasteiger partial charge in [0.2, 0.25) is 0 Å². The van der Waals surface area contributed by atoms with Gasteiger partial charge in [0.1, 0.15) is 5.82 Å². The summed E-state index contributed by atoms with van der Waals surface area (Å²) in [5.74, 6) is 1.16. The molecule has 2 N–H and O–H groups in total. The summed E-state index contributed by atoms with van der Waals surface area (Å²) in [6, 6.07) is 0. The maximum absolute atomic E-state index is 9.27. The van der Waals surface area contributed by atoms with Gasteiger partial charge in [-0.2, -0.15) is 0 Å². The number of aliphatic hydroxyl groups is 1. The largest absolute Gasteiger partial charge is 0.394 e. The van der Waals surface area contributed by atoms with Gasteiger partial charge >= 0.3 is 0 Å². The van der Waals surface area contributed by atoms with E-state index in [1.165, 1.54) is 0 Å². The first-order valence-corrected chi connectivity index (χ1v) is 6.45. The fourth-order valence-electron chi connectivity index (χ4n) is 1.94. The monoisotopic (exact) mass is 239 g/mol. The molecule has 17 heavy (non-hydrogen) atoms. The summed E-state index contributed by atoms with van der Waals surface area (Å²) in [7, 11) is 1.90. The van der Waals surface area contributed by atoms with Crippen molar-refractivity contribution < 1.29 is 5.11 Å². The molecule has 1 atom stereocenters. The molecule has 0 fully saturated rings. The Bertz CT molecular complexity index is 318. The Kier molecular flexibility index (Phi) is 5.65. The molecule has 1 aromatic heterocycles. The number of aryl methyl sites for hydroxylation is 2. The molecule has 98 valence electrons. The van der Waals surface area contributed by atoms with Gasteiger partial charge in [-0.25, -0.2) is 4.98 Å². The fraction of sp³-hybridized carbons (Fsp3) is 0.769. The fourth-order valence-corrected chi connectivity index (χ4v) is 1.94. The molecule has 0 amide bonds. The van der Waals surface area contributed by atoms with E-state index in [1.807, 2.05) is 19.4 Å². The Labute approximate surface area is 104 Å². The van der Waals surface area contributed by atoms with Gasteiger partial charge in [0.25, 0.3) is 0 Å². The van der Waals surface area contributed by atoms with Crippen LogP contribution >= 0.6 is 0 Å². The SMILES string of the molecule is CCc1nccn1CCCCC(C)(CO)NC. The Morgan fingerprint density at radius 1 is 1.47 bits per heavy atom. The van der Waals surface area contributed by atoms with Crippen molar-refractivity contribution in [2.24, 2.45) is 0 Å². The molecule has 1 heterocycles. The maximum atomic E-state index is 9.27. The number of aliphatic hydroxyl groups excluding tert-OH is 1. The first-order valence-electron chi connectivity index (χ1n) is 6.45. The highest BCUT2D eigenvalue weighted by Gasteiger charge is 2.19. The molecule has 1 unspecified atom stereocenters. The third kappa shape index (κ3) is 4.13. The summed E-state index contributed by atoms with van der Waals surface area (Å²) >= 11 is 0. The van der Waals surface area contributed by atoms with Crippen LogP contribution in [-0.4, -0.2) is 33.9 Å². The van der Waals surface area contributed by atoms with Crippen LogP contribution in [0.4, 0.5) is 0 Å². The van der Waals surface area contributed by atoms with Gasteiger partial charge in [0.05, 0.1) is 6.61 Å². The van der Waals surface area contributed by atoms with E-state index in [-0.39, 0.29) is 12.1 Å². The number of rotatable bonds is 8. The number of unbranched alkanes of at least 4 members (excludes halogenated alkanes) is 1. The number of imidazole rings is 1. The van der Waals surface area contributed by atoms with Crippen molar-refractivity contribution in [2.45, 2.75) is 51.6 Å². The van der Waals surface area contributed by atoms with Gasteiger partial charge in [-0.1, -0.05) is 6.92 Å². The van der Waals surface area contributed by atoms with Gasteiger partial charge in [0.15, 0.2) is 0 Å². The molecular weight excluding hydrogens is 214 g/mol. The molecule has 4 nitrogen and oxygen atoms in total. The van der Waals surface area contributed by atoms with Crippen molar-refractivity contribution in [1.82, 2.24) is 14.9 Å². The van der Waals surface area contributed by atoms with Crippen LogP contribution in [0.1, 0.15) is 38.9 Å². The lowest BCUT2D eigenvalue weighted by atomic mass is 9.96. The second-order valence-corrected chi connectivity index (χ2v) is 4.82. The zero-order valence-corrected chi connectivity index (χ0v) is 11.2. The highest BCUT2D eigenvalue weighted by atomic mass is 16.3. The van der Waals surface area contributed by atoms with Gasteiger partial charge in [-0.3, -0.25) is 0 Å². The summed E-state index contributed by atoms with van der Waals surface area (Å²) < 4.78 is 2.22. The van der Waals surface area contributed by atoms with Crippen molar-refractivity contribution >= 4 is 0 Å². The summed E-state index contributed by atoms with van der Waals surface area (Å²) in [6.07, 6.45) is 8.13. The van der Waals surface area contributed by atoms with Crippen LogP contribution in [0, 0.1) is 0 Å². The van der Waals surface area contributed by atoms with Crippen molar-refractivity contribution in [1.29, 1.82) is 0 Å². The van der Waals surface area contributed by atoms with E-state index in [9.17, 15) is 5.11 Å². The van der Waals surface area contributed by atoms with E-state index in [2.05, 4.69) is 28.7 Å². The van der Waals surface area contributed by atoms with Crippen LogP contribution in [0.3, 0.4) is 0 Å². The minimum Gasteiger partial charge on any atom is -0.394 e. The Balaban J connectivity index is 2.29. The Morgan fingerprint density at radius 3 is 2.82 bits per heavy atom. The third-order valence-electron chi connectivity index (χ3n) is 3.45. The van der Waals surface area contributed by atoms with Crippen molar-refractivity contribution in [3.63, 3.8) is 0 Å². The molecule has 0 aliphatic carbocycles. The van der Waals surface area contributed by atoms with Crippen LogP contribution in [0.25, 0.3) is 0 Å². The molecule has 1 aromatic rings. The van der Waals surface area contributed by atoms with Crippen molar-refractivity contribution in [2.75, 3.05) is 13.7 Å². The van der Waals surface area contributed by atoms with E-state index in [1.54, 1.807) is 0 Å². The zero-order valence-electron chi connectivity index (χ0n) is 11.2. The van der Waals surface area contributed by atoms with E-state index < -0.39 is 0 Å². The number of nitrogens with zero attached hydrogens (tertiary/aromatic N) is 2. The summed E-state index contributed by atoms with van der Waals surface area (Å²) in [5, 5.41) is 12.4. The van der Waals surface area contributed by atoms with E-state index in [0.717, 1.165) is 38.1 Å². The van der Waals surface area contributed by atoms with E-state index in [0.29, 0.717) is 0 Å². The van der Waals surface area contributed by atoms with Crippen LogP contribution in [0.5, 0.6) is 0 Å². The third-order valence-corrected chi connectivity index (χ3v) is 3.45. The second-order valence-electron chi connectivity index (χ2n) is 4.82. The average molecular weight is 239 g/mol. The number of likely N-dealkylation sites (N-methyl/N-ethyl adjacent to an activating group) is 1. The maximum Gasteiger partial charge on any atom is 0.108 e. The normalized spacial score (nSPS) is 14.8. The Morgan fingerprint density at radius 2 is 2.24 bits per heavy atom. The molecule has 0 saturated heterocycles. The minimum absolute atomic E-state index is 0.136. The molecule has 4 heteroatoms. The van der Waals surface area contributed by atoms with Gasteiger partial charge in [-0.05, 0) is 33.2 Å². The van der Waals surface area contributed by atoms with Crippen LogP contribution in [0.2, 0.25) is 0 Å². The molecule has 0 aliphatic rings. The van der Waals surface area contributed by atoms with Crippen molar-refractivity contribution in [3.05, 3.63) is 18.2 Å². The standard InChI is InChI=1S/C13H25N3O/c1-4-12-15-8-10-16(12)9-6-5-7-13(2,11-17)14-3/h8,10,14,17H,4-7,9,11H2,1-3H3. The number of hydrogen-bond donors (Lipinski definition) is 2. The predicted molar refractivity (Wildman–Crippen MR) is 70.0 cm³/mol. The van der Waals surface area contributed by atoms with Gasteiger partial charge in [-0.15, -0.1) is 0 Å².